The van der Waals surface area contributed by atoms with Gasteiger partial charge in [-0.3, -0.25) is 19.7 Å². The Hall–Kier alpha value is -2.44. The van der Waals surface area contributed by atoms with Gasteiger partial charge in [0.05, 0.1) is 17.2 Å². The van der Waals surface area contributed by atoms with Gasteiger partial charge in [-0.1, -0.05) is 13.8 Å². The quantitative estimate of drug-likeness (QED) is 0.368. The number of anilines is 1. The highest BCUT2D eigenvalue weighted by Gasteiger charge is 2.39. The van der Waals surface area contributed by atoms with Crippen LogP contribution in [-0.4, -0.2) is 30.0 Å². The Morgan fingerprint density at radius 2 is 2.09 bits per heavy atom. The van der Waals surface area contributed by atoms with Crippen molar-refractivity contribution < 1.29 is 19.2 Å². The molecule has 0 saturated heterocycles. The molecular formula is C15H18N2O5. The van der Waals surface area contributed by atoms with Gasteiger partial charge in [0.1, 0.15) is 6.42 Å². The maximum Gasteiger partial charge on any atom is 0.315 e. The Morgan fingerprint density at radius 1 is 1.41 bits per heavy atom. The molecule has 0 spiro atoms. The molecule has 1 heterocycles. The first-order chi connectivity index (χ1) is 10.3. The Bertz CT molecular complexity index is 639. The van der Waals surface area contributed by atoms with Crippen LogP contribution in [0.3, 0.4) is 0 Å². The van der Waals surface area contributed by atoms with E-state index in [1.165, 1.54) is 17.0 Å². The Morgan fingerprint density at radius 3 is 2.68 bits per heavy atom. The van der Waals surface area contributed by atoms with E-state index < -0.39 is 16.8 Å². The van der Waals surface area contributed by atoms with E-state index in [4.69, 9.17) is 4.74 Å². The van der Waals surface area contributed by atoms with Crippen LogP contribution in [0.25, 0.3) is 0 Å². The summed E-state index contributed by atoms with van der Waals surface area (Å²) in [4.78, 5) is 35.7. The minimum atomic E-state index is -0.593. The molecule has 0 saturated carbocycles. The van der Waals surface area contributed by atoms with Crippen LogP contribution in [0.1, 0.15) is 32.8 Å². The number of hydrogen-bond donors (Lipinski definition) is 0. The zero-order valence-electron chi connectivity index (χ0n) is 12.8. The molecule has 0 N–H and O–H groups in total. The average molecular weight is 306 g/mol. The van der Waals surface area contributed by atoms with Crippen molar-refractivity contribution in [3.05, 3.63) is 33.9 Å². The third kappa shape index (κ3) is 2.93. The summed E-state index contributed by atoms with van der Waals surface area (Å²) in [6.07, 6.45) is -0.369. The van der Waals surface area contributed by atoms with Gasteiger partial charge in [-0.15, -0.1) is 0 Å². The largest absolute Gasteiger partial charge is 0.466 e. The minimum Gasteiger partial charge on any atom is -0.466 e. The monoisotopic (exact) mass is 306 g/mol. The molecule has 22 heavy (non-hydrogen) atoms. The molecular weight excluding hydrogens is 288 g/mol. The lowest BCUT2D eigenvalue weighted by Crippen LogP contribution is -2.35. The molecule has 0 radical (unpaired) electrons. The van der Waals surface area contributed by atoms with E-state index in [0.29, 0.717) is 12.2 Å². The summed E-state index contributed by atoms with van der Waals surface area (Å²) in [5.74, 6) is -1.00. The van der Waals surface area contributed by atoms with E-state index in [-0.39, 0.29) is 24.1 Å². The summed E-state index contributed by atoms with van der Waals surface area (Å²) < 4.78 is 4.78. The van der Waals surface area contributed by atoms with Gasteiger partial charge < -0.3 is 9.64 Å². The van der Waals surface area contributed by atoms with Crippen LogP contribution in [-0.2, 0) is 19.7 Å². The van der Waals surface area contributed by atoms with Crippen LogP contribution in [0.15, 0.2) is 18.2 Å². The molecule has 118 valence electrons. The lowest BCUT2D eigenvalue weighted by atomic mass is 9.87. The van der Waals surface area contributed by atoms with Gasteiger partial charge >= 0.3 is 5.97 Å². The molecule has 1 amide bonds. The maximum absolute atomic E-state index is 12.3. The van der Waals surface area contributed by atoms with Gasteiger partial charge in [-0.2, -0.15) is 0 Å². The van der Waals surface area contributed by atoms with Gasteiger partial charge in [0.25, 0.3) is 5.69 Å². The first kappa shape index (κ1) is 15.9. The van der Waals surface area contributed by atoms with Gasteiger partial charge in [-0.25, -0.2) is 0 Å². The number of non-ortho nitro benzene ring substituents is 1. The lowest BCUT2D eigenvalue weighted by molar-refractivity contribution is -0.384. The third-order valence-corrected chi connectivity index (χ3v) is 3.67. The topological polar surface area (TPSA) is 89.8 Å². The maximum atomic E-state index is 12.3. The molecule has 1 aliphatic rings. The number of hydrogen-bond acceptors (Lipinski definition) is 5. The summed E-state index contributed by atoms with van der Waals surface area (Å²) in [5.41, 5.74) is 0.948. The highest BCUT2D eigenvalue weighted by atomic mass is 16.6. The number of nitrogens with zero attached hydrogens (tertiary/aromatic N) is 2. The fourth-order valence-electron chi connectivity index (χ4n) is 2.65. The van der Waals surface area contributed by atoms with E-state index in [2.05, 4.69) is 0 Å². The molecule has 2 rings (SSSR count). The van der Waals surface area contributed by atoms with Gasteiger partial charge in [0.2, 0.25) is 5.91 Å². The zero-order valence-corrected chi connectivity index (χ0v) is 12.8. The van der Waals surface area contributed by atoms with E-state index in [9.17, 15) is 19.7 Å². The molecule has 1 aromatic rings. The third-order valence-electron chi connectivity index (χ3n) is 3.67. The second-order valence-electron chi connectivity index (χ2n) is 5.80. The van der Waals surface area contributed by atoms with Crippen molar-refractivity contribution in [1.82, 2.24) is 0 Å². The summed E-state index contributed by atoms with van der Waals surface area (Å²) in [7, 11) is 0. The molecule has 0 bridgehead atoms. The highest BCUT2D eigenvalue weighted by Crippen LogP contribution is 2.42. The van der Waals surface area contributed by atoms with Gasteiger partial charge in [-0.05, 0) is 18.6 Å². The Balaban J connectivity index is 2.33. The normalized spacial score (nSPS) is 15.3. The van der Waals surface area contributed by atoms with Crippen LogP contribution >= 0.6 is 0 Å². The lowest BCUT2D eigenvalue weighted by Gasteiger charge is -2.20. The molecule has 0 aromatic heterocycles. The summed E-state index contributed by atoms with van der Waals surface area (Å²) >= 11 is 0. The fourth-order valence-corrected chi connectivity index (χ4v) is 2.65. The molecule has 7 nitrogen and oxygen atoms in total. The number of fused-ring (bicyclic) bond motifs is 1. The molecule has 0 fully saturated rings. The summed E-state index contributed by atoms with van der Waals surface area (Å²) in [6, 6.07) is 4.48. The number of carbonyl (C=O) groups is 2. The zero-order chi connectivity index (χ0) is 16.5. The van der Waals surface area contributed by atoms with Gasteiger partial charge in [0, 0.05) is 24.1 Å². The predicted octanol–water partition coefficient (Wildman–Crippen LogP) is 2.17. The number of esters is 1. The second-order valence-corrected chi connectivity index (χ2v) is 5.80. The number of rotatable bonds is 4. The Kier molecular flexibility index (Phi) is 4.16. The average Bonchev–Trinajstić information content (AvgIpc) is 2.70. The second kappa shape index (κ2) is 5.75. The molecule has 1 aliphatic heterocycles. The van der Waals surface area contributed by atoms with Crippen LogP contribution in [0, 0.1) is 10.1 Å². The van der Waals surface area contributed by atoms with Crippen molar-refractivity contribution in [2.75, 3.05) is 18.1 Å². The number of benzene rings is 1. The smallest absolute Gasteiger partial charge is 0.315 e. The summed E-state index contributed by atoms with van der Waals surface area (Å²) in [6.45, 7) is 6.16. The molecule has 0 atom stereocenters. The molecule has 0 aliphatic carbocycles. The van der Waals surface area contributed by atoms with Crippen molar-refractivity contribution in [3.8, 4) is 0 Å². The van der Waals surface area contributed by atoms with Gasteiger partial charge in [0.15, 0.2) is 0 Å². The van der Waals surface area contributed by atoms with Crippen molar-refractivity contribution in [1.29, 1.82) is 0 Å². The minimum absolute atomic E-state index is 0.0783. The fraction of sp³-hybridized carbons (Fsp3) is 0.467. The van der Waals surface area contributed by atoms with Crippen molar-refractivity contribution >= 4 is 23.3 Å². The Labute approximate surface area is 128 Å². The summed E-state index contributed by atoms with van der Waals surface area (Å²) in [5, 5.41) is 10.9. The van der Waals surface area contributed by atoms with Crippen LogP contribution in [0.4, 0.5) is 11.4 Å². The van der Waals surface area contributed by atoms with Crippen LogP contribution in [0.2, 0.25) is 0 Å². The van der Waals surface area contributed by atoms with E-state index in [1.54, 1.807) is 13.0 Å². The number of nitro groups is 1. The first-order valence-electron chi connectivity index (χ1n) is 7.01. The van der Waals surface area contributed by atoms with E-state index in [1.807, 2.05) is 13.8 Å². The highest BCUT2D eigenvalue weighted by molar-refractivity contribution is 6.05. The SMILES string of the molecule is CCOC(=O)CC(=O)N1CC(C)(C)c2ccc([N+](=O)[O-])cc21. The number of carbonyl (C=O) groups excluding carboxylic acids is 2. The van der Waals surface area contributed by atoms with Crippen molar-refractivity contribution in [2.24, 2.45) is 0 Å². The van der Waals surface area contributed by atoms with Crippen LogP contribution < -0.4 is 4.90 Å². The number of amides is 1. The van der Waals surface area contributed by atoms with Crippen molar-refractivity contribution in [2.45, 2.75) is 32.6 Å². The first-order valence-corrected chi connectivity index (χ1v) is 7.01. The van der Waals surface area contributed by atoms with Crippen molar-refractivity contribution in [3.63, 3.8) is 0 Å². The standard InChI is InChI=1S/C15H18N2O5/c1-4-22-14(19)8-13(18)16-9-15(2,3)11-6-5-10(17(20)21)7-12(11)16/h5-7H,4,8-9H2,1-3H3. The van der Waals surface area contributed by atoms with E-state index in [0.717, 1.165) is 5.56 Å². The van der Waals surface area contributed by atoms with Crippen LogP contribution in [0.5, 0.6) is 0 Å². The number of nitro benzene ring substituents is 1. The van der Waals surface area contributed by atoms with E-state index >= 15 is 0 Å². The molecule has 7 heteroatoms. The molecule has 1 aromatic carbocycles. The molecule has 0 unspecified atom stereocenters. The predicted molar refractivity (Wildman–Crippen MR) is 79.7 cm³/mol. The number of ether oxygens (including phenoxy) is 1.